The van der Waals surface area contributed by atoms with E-state index in [-0.39, 0.29) is 0 Å². The Morgan fingerprint density at radius 2 is 1.69 bits per heavy atom. The Labute approximate surface area is 189 Å². The summed E-state index contributed by atoms with van der Waals surface area (Å²) in [5.74, 6) is 0.838. The Hall–Kier alpha value is -3.98. The second-order valence-corrected chi connectivity index (χ2v) is 7.95. The van der Waals surface area contributed by atoms with Gasteiger partial charge in [0.15, 0.2) is 0 Å². The number of hydrogen-bond acceptors (Lipinski definition) is 3. The molecular weight excluding hydrogens is 390 g/mol. The monoisotopic (exact) mass is 417 g/mol. The standard InChI is InChI=1S/C29H27N3/c1-4-8-26(17-21(2)3)28-18-25-15-16-30-29(27(25)20-31-28)32-19-22-11-13-24(14-12-22)23-9-6-5-7-10-23/h4-18,20H,1,19H2,2-3H3,(H,30,32)/b26-8+. The number of allylic oxidation sites excluding steroid dienone is 5. The maximum Gasteiger partial charge on any atom is 0.135 e. The highest BCUT2D eigenvalue weighted by Gasteiger charge is 2.07. The predicted molar refractivity (Wildman–Crippen MR) is 136 cm³/mol. The number of aromatic nitrogens is 2. The maximum absolute atomic E-state index is 4.70. The highest BCUT2D eigenvalue weighted by atomic mass is 15.0. The molecule has 1 N–H and O–H groups in total. The lowest BCUT2D eigenvalue weighted by Crippen LogP contribution is -2.02. The minimum atomic E-state index is 0.697. The molecule has 2 heterocycles. The van der Waals surface area contributed by atoms with Crippen molar-refractivity contribution in [2.75, 3.05) is 5.32 Å². The molecule has 2 aromatic carbocycles. The fourth-order valence-corrected chi connectivity index (χ4v) is 3.64. The zero-order chi connectivity index (χ0) is 22.3. The molecule has 0 amide bonds. The van der Waals surface area contributed by atoms with Crippen molar-refractivity contribution in [3.05, 3.63) is 121 Å². The van der Waals surface area contributed by atoms with Gasteiger partial charge in [-0.25, -0.2) is 4.98 Å². The highest BCUT2D eigenvalue weighted by molar-refractivity contribution is 5.93. The molecule has 0 saturated carbocycles. The smallest absolute Gasteiger partial charge is 0.135 e. The van der Waals surface area contributed by atoms with Crippen molar-refractivity contribution < 1.29 is 0 Å². The number of pyridine rings is 2. The van der Waals surface area contributed by atoms with Crippen LogP contribution in [0.25, 0.3) is 27.5 Å². The van der Waals surface area contributed by atoms with Crippen molar-refractivity contribution in [3.63, 3.8) is 0 Å². The van der Waals surface area contributed by atoms with Gasteiger partial charge >= 0.3 is 0 Å². The summed E-state index contributed by atoms with van der Waals surface area (Å²) in [5.41, 5.74) is 6.83. The second-order valence-electron chi connectivity index (χ2n) is 7.95. The topological polar surface area (TPSA) is 37.8 Å². The first-order valence-electron chi connectivity index (χ1n) is 10.7. The molecule has 0 unspecified atom stereocenters. The van der Waals surface area contributed by atoms with Crippen LogP contribution in [0.2, 0.25) is 0 Å². The van der Waals surface area contributed by atoms with Crippen molar-refractivity contribution in [1.29, 1.82) is 0 Å². The third-order valence-corrected chi connectivity index (χ3v) is 5.21. The average Bonchev–Trinajstić information content (AvgIpc) is 2.82. The van der Waals surface area contributed by atoms with E-state index < -0.39 is 0 Å². The number of fused-ring (bicyclic) bond motifs is 1. The van der Waals surface area contributed by atoms with Crippen LogP contribution in [0.5, 0.6) is 0 Å². The first kappa shape index (κ1) is 21.3. The van der Waals surface area contributed by atoms with Crippen LogP contribution >= 0.6 is 0 Å². The van der Waals surface area contributed by atoms with Crippen LogP contribution in [0.1, 0.15) is 25.1 Å². The van der Waals surface area contributed by atoms with Gasteiger partial charge in [-0.1, -0.05) is 85.0 Å². The SMILES string of the molecule is C=C/C=C(\C=C(C)C)c1cc2ccnc(NCc3ccc(-c4ccccc4)cc3)c2cn1. The Bertz CT molecular complexity index is 1280. The van der Waals surface area contributed by atoms with Crippen LogP contribution in [-0.2, 0) is 6.54 Å². The van der Waals surface area contributed by atoms with Crippen LogP contribution in [-0.4, -0.2) is 9.97 Å². The van der Waals surface area contributed by atoms with Crippen molar-refractivity contribution in [2.24, 2.45) is 0 Å². The summed E-state index contributed by atoms with van der Waals surface area (Å²) < 4.78 is 0. The number of hydrogen-bond donors (Lipinski definition) is 1. The Morgan fingerprint density at radius 1 is 0.938 bits per heavy atom. The molecule has 0 atom stereocenters. The lowest BCUT2D eigenvalue weighted by atomic mass is 10.0. The lowest BCUT2D eigenvalue weighted by molar-refractivity contribution is 1.12. The van der Waals surface area contributed by atoms with Gasteiger partial charge < -0.3 is 5.32 Å². The molecule has 0 bridgehead atoms. The van der Waals surface area contributed by atoms with E-state index in [9.17, 15) is 0 Å². The fourth-order valence-electron chi connectivity index (χ4n) is 3.64. The summed E-state index contributed by atoms with van der Waals surface area (Å²) in [4.78, 5) is 9.25. The quantitative estimate of drug-likeness (QED) is 0.317. The summed E-state index contributed by atoms with van der Waals surface area (Å²) in [6, 6.07) is 23.2. The van der Waals surface area contributed by atoms with Gasteiger partial charge in [-0.15, -0.1) is 0 Å². The molecule has 0 spiro atoms. The van der Waals surface area contributed by atoms with Crippen LogP contribution in [0, 0.1) is 0 Å². The molecule has 2 aromatic heterocycles. The molecule has 0 aliphatic heterocycles. The summed E-state index contributed by atoms with van der Waals surface area (Å²) in [6.45, 7) is 8.69. The van der Waals surface area contributed by atoms with Crippen molar-refractivity contribution >= 4 is 22.2 Å². The van der Waals surface area contributed by atoms with E-state index in [4.69, 9.17) is 4.98 Å². The van der Waals surface area contributed by atoms with Crippen LogP contribution in [0.15, 0.2) is 110 Å². The number of nitrogens with zero attached hydrogens (tertiary/aromatic N) is 2. The minimum absolute atomic E-state index is 0.697. The normalized spacial score (nSPS) is 11.2. The number of rotatable bonds is 7. The summed E-state index contributed by atoms with van der Waals surface area (Å²) in [7, 11) is 0. The maximum atomic E-state index is 4.70. The van der Waals surface area contributed by atoms with Gasteiger partial charge in [-0.2, -0.15) is 0 Å². The molecule has 4 aromatic rings. The van der Waals surface area contributed by atoms with Crippen molar-refractivity contribution in [2.45, 2.75) is 20.4 Å². The molecule has 0 fully saturated rings. The number of benzene rings is 2. The molecule has 32 heavy (non-hydrogen) atoms. The van der Waals surface area contributed by atoms with Gasteiger partial charge in [0.1, 0.15) is 5.82 Å². The van der Waals surface area contributed by atoms with E-state index in [1.807, 2.05) is 30.6 Å². The zero-order valence-electron chi connectivity index (χ0n) is 18.5. The molecule has 4 rings (SSSR count). The van der Waals surface area contributed by atoms with Crippen molar-refractivity contribution in [3.8, 4) is 11.1 Å². The first-order valence-corrected chi connectivity index (χ1v) is 10.7. The summed E-state index contributed by atoms with van der Waals surface area (Å²) >= 11 is 0. The Kier molecular flexibility index (Phi) is 6.57. The Morgan fingerprint density at radius 3 is 2.41 bits per heavy atom. The van der Waals surface area contributed by atoms with Gasteiger partial charge in [0, 0.05) is 29.9 Å². The Balaban J connectivity index is 1.54. The van der Waals surface area contributed by atoms with E-state index in [2.05, 4.69) is 91.4 Å². The first-order chi connectivity index (χ1) is 15.6. The largest absolute Gasteiger partial charge is 0.365 e. The van der Waals surface area contributed by atoms with E-state index >= 15 is 0 Å². The molecule has 0 aliphatic carbocycles. The van der Waals surface area contributed by atoms with Crippen LogP contribution in [0.4, 0.5) is 5.82 Å². The molecular formula is C29H27N3. The van der Waals surface area contributed by atoms with Gasteiger partial charge in [0.2, 0.25) is 0 Å². The fraction of sp³-hybridized carbons (Fsp3) is 0.103. The highest BCUT2D eigenvalue weighted by Crippen LogP contribution is 2.25. The van der Waals surface area contributed by atoms with E-state index in [0.29, 0.717) is 6.54 Å². The van der Waals surface area contributed by atoms with Crippen LogP contribution < -0.4 is 5.32 Å². The molecule has 158 valence electrons. The lowest BCUT2D eigenvalue weighted by Gasteiger charge is -2.11. The van der Waals surface area contributed by atoms with Crippen molar-refractivity contribution in [1.82, 2.24) is 9.97 Å². The summed E-state index contributed by atoms with van der Waals surface area (Å²) in [6.07, 6.45) is 9.64. The molecule has 3 nitrogen and oxygen atoms in total. The predicted octanol–water partition coefficient (Wildman–Crippen LogP) is 7.44. The molecule has 0 radical (unpaired) electrons. The molecule has 0 aliphatic rings. The minimum Gasteiger partial charge on any atom is -0.365 e. The van der Waals surface area contributed by atoms with Crippen LogP contribution in [0.3, 0.4) is 0 Å². The van der Waals surface area contributed by atoms with Gasteiger partial charge in [0.25, 0.3) is 0 Å². The molecule has 0 saturated heterocycles. The third-order valence-electron chi connectivity index (χ3n) is 5.21. The number of nitrogens with one attached hydrogen (secondary N) is 1. The average molecular weight is 418 g/mol. The number of anilines is 1. The third kappa shape index (κ3) is 5.01. The van der Waals surface area contributed by atoms with Gasteiger partial charge in [-0.3, -0.25) is 4.98 Å². The zero-order valence-corrected chi connectivity index (χ0v) is 18.5. The van der Waals surface area contributed by atoms with E-state index in [1.54, 1.807) is 6.08 Å². The van der Waals surface area contributed by atoms with Gasteiger partial charge in [0.05, 0.1) is 5.69 Å². The second kappa shape index (κ2) is 9.88. The molecule has 3 heteroatoms. The van der Waals surface area contributed by atoms with Gasteiger partial charge in [-0.05, 0) is 48.1 Å². The summed E-state index contributed by atoms with van der Waals surface area (Å²) in [5, 5.41) is 5.58. The van der Waals surface area contributed by atoms with E-state index in [1.165, 1.54) is 22.3 Å². The van der Waals surface area contributed by atoms with E-state index in [0.717, 1.165) is 27.9 Å².